The van der Waals surface area contributed by atoms with Gasteiger partial charge in [-0.1, -0.05) is 29.8 Å². The molecule has 19 heavy (non-hydrogen) atoms. The van der Waals surface area contributed by atoms with E-state index < -0.39 is 0 Å². The molecular formula is C14H15ClFN3. The molecule has 0 radical (unpaired) electrons. The maximum Gasteiger partial charge on any atom is 0.133 e. The summed E-state index contributed by atoms with van der Waals surface area (Å²) in [6.45, 7) is 1.90. The number of hydrogen-bond donors (Lipinski definition) is 1. The average Bonchev–Trinajstić information content (AvgIpc) is 2.36. The van der Waals surface area contributed by atoms with E-state index in [0.717, 1.165) is 0 Å². The monoisotopic (exact) mass is 279 g/mol. The lowest BCUT2D eigenvalue weighted by atomic mass is 10.1. The fraction of sp³-hybridized carbons (Fsp3) is 0.214. The third kappa shape index (κ3) is 2.96. The molecule has 2 N–H and O–H groups in total. The summed E-state index contributed by atoms with van der Waals surface area (Å²) < 4.78 is 13.8. The van der Waals surface area contributed by atoms with Crippen molar-refractivity contribution in [1.82, 2.24) is 4.98 Å². The Labute approximate surface area is 116 Å². The molecule has 0 aliphatic rings. The van der Waals surface area contributed by atoms with Crippen molar-refractivity contribution in [3.63, 3.8) is 0 Å². The summed E-state index contributed by atoms with van der Waals surface area (Å²) in [6.07, 6.45) is 0. The van der Waals surface area contributed by atoms with E-state index in [2.05, 4.69) is 4.98 Å². The van der Waals surface area contributed by atoms with Crippen LogP contribution in [0.15, 0.2) is 36.4 Å². The van der Waals surface area contributed by atoms with Gasteiger partial charge in [-0.3, -0.25) is 0 Å². The summed E-state index contributed by atoms with van der Waals surface area (Å²) in [5, 5.41) is 0.322. The highest BCUT2D eigenvalue weighted by atomic mass is 35.5. The molecule has 1 aromatic heterocycles. The first-order valence-corrected chi connectivity index (χ1v) is 6.27. The molecule has 1 unspecified atom stereocenters. The second-order valence-corrected chi connectivity index (χ2v) is 4.78. The number of nitrogens with two attached hydrogens (primary N) is 1. The van der Waals surface area contributed by atoms with Gasteiger partial charge in [0, 0.05) is 24.4 Å². The van der Waals surface area contributed by atoms with Crippen LogP contribution in [0.1, 0.15) is 18.5 Å². The van der Waals surface area contributed by atoms with Crippen LogP contribution in [0.5, 0.6) is 0 Å². The van der Waals surface area contributed by atoms with E-state index in [4.69, 9.17) is 17.3 Å². The summed E-state index contributed by atoms with van der Waals surface area (Å²) >= 11 is 5.88. The van der Waals surface area contributed by atoms with Gasteiger partial charge in [-0.15, -0.1) is 0 Å². The van der Waals surface area contributed by atoms with E-state index in [-0.39, 0.29) is 11.9 Å². The third-order valence-electron chi connectivity index (χ3n) is 3.10. The summed E-state index contributed by atoms with van der Waals surface area (Å²) in [5.74, 6) is 0.373. The van der Waals surface area contributed by atoms with Crippen LogP contribution in [0.4, 0.5) is 15.9 Å². The molecule has 100 valence electrons. The Bertz CT molecular complexity index is 568. The Hall–Kier alpha value is -1.81. The average molecular weight is 280 g/mol. The van der Waals surface area contributed by atoms with Crippen LogP contribution in [-0.4, -0.2) is 12.0 Å². The molecular weight excluding hydrogens is 265 g/mol. The van der Waals surface area contributed by atoms with Crippen molar-refractivity contribution in [2.75, 3.05) is 17.7 Å². The molecule has 1 heterocycles. The minimum Gasteiger partial charge on any atom is -0.399 e. The van der Waals surface area contributed by atoms with E-state index in [1.165, 1.54) is 6.07 Å². The minimum atomic E-state index is -0.239. The van der Waals surface area contributed by atoms with Crippen molar-refractivity contribution in [3.05, 3.63) is 52.9 Å². The maximum atomic E-state index is 13.8. The van der Waals surface area contributed by atoms with Gasteiger partial charge in [-0.05, 0) is 19.1 Å². The number of hydrogen-bond acceptors (Lipinski definition) is 3. The van der Waals surface area contributed by atoms with Gasteiger partial charge in [0.05, 0.1) is 6.04 Å². The van der Waals surface area contributed by atoms with Crippen LogP contribution in [0.2, 0.25) is 5.15 Å². The molecule has 1 atom stereocenters. The fourth-order valence-electron chi connectivity index (χ4n) is 1.90. The Balaban J connectivity index is 2.33. The fourth-order valence-corrected chi connectivity index (χ4v) is 2.12. The molecule has 0 amide bonds. The number of aromatic nitrogens is 1. The number of anilines is 2. The molecule has 2 aromatic rings. The van der Waals surface area contributed by atoms with Gasteiger partial charge >= 0.3 is 0 Å². The topological polar surface area (TPSA) is 42.1 Å². The first-order chi connectivity index (χ1) is 8.99. The van der Waals surface area contributed by atoms with Crippen LogP contribution in [0, 0.1) is 5.82 Å². The summed E-state index contributed by atoms with van der Waals surface area (Å²) in [7, 11) is 1.83. The Morgan fingerprint density at radius 1 is 1.32 bits per heavy atom. The molecule has 5 heteroatoms. The van der Waals surface area contributed by atoms with Gasteiger partial charge in [-0.2, -0.15) is 0 Å². The van der Waals surface area contributed by atoms with Gasteiger partial charge in [0.1, 0.15) is 16.8 Å². The normalized spacial score (nSPS) is 12.2. The molecule has 0 aliphatic heterocycles. The van der Waals surface area contributed by atoms with Crippen LogP contribution in [-0.2, 0) is 0 Å². The quantitative estimate of drug-likeness (QED) is 0.872. The Morgan fingerprint density at radius 3 is 2.63 bits per heavy atom. The van der Waals surface area contributed by atoms with Crippen molar-refractivity contribution in [2.24, 2.45) is 0 Å². The molecule has 3 nitrogen and oxygen atoms in total. The van der Waals surface area contributed by atoms with Crippen LogP contribution in [0.25, 0.3) is 0 Å². The van der Waals surface area contributed by atoms with Crippen LogP contribution >= 0.6 is 11.6 Å². The molecule has 0 saturated heterocycles. The highest BCUT2D eigenvalue weighted by molar-refractivity contribution is 6.29. The smallest absolute Gasteiger partial charge is 0.133 e. The van der Waals surface area contributed by atoms with Gasteiger partial charge in [0.2, 0.25) is 0 Å². The predicted octanol–water partition coefficient (Wildman–Crippen LogP) is 3.65. The SMILES string of the molecule is CC(c1ccccc1F)N(C)c1cc(N)cc(Cl)n1. The predicted molar refractivity (Wildman–Crippen MR) is 76.9 cm³/mol. The highest BCUT2D eigenvalue weighted by Gasteiger charge is 2.17. The second-order valence-electron chi connectivity index (χ2n) is 4.39. The molecule has 0 saturated carbocycles. The van der Waals surface area contributed by atoms with Crippen molar-refractivity contribution in [3.8, 4) is 0 Å². The van der Waals surface area contributed by atoms with E-state index in [9.17, 15) is 4.39 Å². The molecule has 0 aliphatic carbocycles. The van der Waals surface area contributed by atoms with Crippen LogP contribution in [0.3, 0.4) is 0 Å². The zero-order chi connectivity index (χ0) is 14.0. The summed E-state index contributed by atoms with van der Waals surface area (Å²) in [4.78, 5) is 6.03. The third-order valence-corrected chi connectivity index (χ3v) is 3.29. The van der Waals surface area contributed by atoms with Gasteiger partial charge < -0.3 is 10.6 Å². The molecule has 0 spiro atoms. The maximum absolute atomic E-state index is 13.8. The van der Waals surface area contributed by atoms with Crippen molar-refractivity contribution in [1.29, 1.82) is 0 Å². The van der Waals surface area contributed by atoms with Gasteiger partial charge in [0.25, 0.3) is 0 Å². The van der Waals surface area contributed by atoms with Gasteiger partial charge in [-0.25, -0.2) is 9.37 Å². The number of pyridine rings is 1. The van der Waals surface area contributed by atoms with Crippen molar-refractivity contribution in [2.45, 2.75) is 13.0 Å². The second kappa shape index (κ2) is 5.45. The van der Waals surface area contributed by atoms with E-state index >= 15 is 0 Å². The Kier molecular flexibility index (Phi) is 3.90. The van der Waals surface area contributed by atoms with Gasteiger partial charge in [0.15, 0.2) is 0 Å². The van der Waals surface area contributed by atoms with E-state index in [1.807, 2.05) is 24.9 Å². The molecule has 2 rings (SSSR count). The lowest BCUT2D eigenvalue weighted by Gasteiger charge is -2.27. The largest absolute Gasteiger partial charge is 0.399 e. The standard InChI is InChI=1S/C14H15ClFN3/c1-9(11-5-3-4-6-12(11)16)19(2)14-8-10(17)7-13(15)18-14/h3-9H,1-2H3,(H2,17,18). The zero-order valence-corrected chi connectivity index (χ0v) is 11.5. The number of rotatable bonds is 3. The summed E-state index contributed by atoms with van der Waals surface area (Å²) in [5.41, 5.74) is 6.87. The highest BCUT2D eigenvalue weighted by Crippen LogP contribution is 2.27. The van der Waals surface area contributed by atoms with Crippen molar-refractivity contribution >= 4 is 23.1 Å². The lowest BCUT2D eigenvalue weighted by Crippen LogP contribution is -2.23. The number of benzene rings is 1. The molecule has 0 bridgehead atoms. The first-order valence-electron chi connectivity index (χ1n) is 5.89. The summed E-state index contributed by atoms with van der Waals surface area (Å²) in [6, 6.07) is 9.79. The first kappa shape index (κ1) is 13.6. The van der Waals surface area contributed by atoms with Crippen LogP contribution < -0.4 is 10.6 Å². The minimum absolute atomic E-state index is 0.174. The van der Waals surface area contributed by atoms with Crippen molar-refractivity contribution < 1.29 is 4.39 Å². The molecule has 0 fully saturated rings. The zero-order valence-electron chi connectivity index (χ0n) is 10.8. The molecule has 1 aromatic carbocycles. The number of nitrogens with zero attached hydrogens (tertiary/aromatic N) is 2. The lowest BCUT2D eigenvalue weighted by molar-refractivity contribution is 0.584. The number of halogens is 2. The Morgan fingerprint density at radius 2 is 2.00 bits per heavy atom. The number of nitrogen functional groups attached to an aromatic ring is 1. The van der Waals surface area contributed by atoms with E-state index in [0.29, 0.717) is 22.2 Å². The van der Waals surface area contributed by atoms with E-state index in [1.54, 1.807) is 24.3 Å².